The molecule has 1 aliphatic rings. The van der Waals surface area contributed by atoms with Gasteiger partial charge in [0.2, 0.25) is 5.91 Å². The minimum Gasteiger partial charge on any atom is -0.444 e. The van der Waals surface area contributed by atoms with E-state index in [1.807, 2.05) is 6.07 Å². The Morgan fingerprint density at radius 3 is 2.50 bits per heavy atom. The van der Waals surface area contributed by atoms with E-state index in [-0.39, 0.29) is 18.0 Å². The Hall–Kier alpha value is -3.61. The molecule has 2 heterocycles. The van der Waals surface area contributed by atoms with Crippen LogP contribution < -0.4 is 5.32 Å². The number of hydrogen-bond donors (Lipinski definition) is 1. The molecule has 10 heteroatoms. The summed E-state index contributed by atoms with van der Waals surface area (Å²) in [6.07, 6.45) is -2.54. The SMILES string of the molecule is CC(C)(C)OC(=O)N1CCCC1C(=O)NCc1cc(-c2ccc(C(F)(F)F)cc2)ncc1C#N. The van der Waals surface area contributed by atoms with Crippen LogP contribution in [0, 0.1) is 11.3 Å². The molecule has 34 heavy (non-hydrogen) atoms. The summed E-state index contributed by atoms with van der Waals surface area (Å²) < 4.78 is 43.8. The zero-order valence-corrected chi connectivity index (χ0v) is 19.1. The number of likely N-dealkylation sites (tertiary alicyclic amines) is 1. The molecule has 1 aromatic heterocycles. The van der Waals surface area contributed by atoms with Gasteiger partial charge in [-0.2, -0.15) is 18.4 Å². The van der Waals surface area contributed by atoms with Gasteiger partial charge in [-0.3, -0.25) is 14.7 Å². The van der Waals surface area contributed by atoms with Crippen molar-refractivity contribution in [2.75, 3.05) is 6.54 Å². The van der Waals surface area contributed by atoms with E-state index >= 15 is 0 Å². The van der Waals surface area contributed by atoms with Crippen molar-refractivity contribution in [1.82, 2.24) is 15.2 Å². The average Bonchev–Trinajstić information content (AvgIpc) is 3.26. The van der Waals surface area contributed by atoms with Gasteiger partial charge in [0.05, 0.1) is 16.8 Å². The van der Waals surface area contributed by atoms with E-state index in [2.05, 4.69) is 10.3 Å². The van der Waals surface area contributed by atoms with Gasteiger partial charge in [-0.1, -0.05) is 12.1 Å². The summed E-state index contributed by atoms with van der Waals surface area (Å²) in [5, 5.41) is 12.2. The van der Waals surface area contributed by atoms with Crippen LogP contribution in [0.15, 0.2) is 36.5 Å². The van der Waals surface area contributed by atoms with Gasteiger partial charge in [0.1, 0.15) is 17.7 Å². The van der Waals surface area contributed by atoms with Gasteiger partial charge in [0, 0.05) is 24.8 Å². The molecule has 1 N–H and O–H groups in total. The predicted molar refractivity (Wildman–Crippen MR) is 117 cm³/mol. The van der Waals surface area contributed by atoms with Crippen LogP contribution in [-0.4, -0.2) is 40.1 Å². The highest BCUT2D eigenvalue weighted by atomic mass is 19.4. The van der Waals surface area contributed by atoms with Gasteiger partial charge in [0.15, 0.2) is 0 Å². The van der Waals surface area contributed by atoms with E-state index in [0.29, 0.717) is 36.2 Å². The van der Waals surface area contributed by atoms with Crippen LogP contribution in [0.25, 0.3) is 11.3 Å². The van der Waals surface area contributed by atoms with Crippen LogP contribution >= 0.6 is 0 Å². The first-order chi connectivity index (χ1) is 15.9. The Kier molecular flexibility index (Phi) is 7.15. The van der Waals surface area contributed by atoms with E-state index in [0.717, 1.165) is 12.1 Å². The highest BCUT2D eigenvalue weighted by molar-refractivity contribution is 5.86. The molecule has 180 valence electrons. The third-order valence-electron chi connectivity index (χ3n) is 5.25. The van der Waals surface area contributed by atoms with Crippen LogP contribution in [0.1, 0.15) is 50.3 Å². The fourth-order valence-corrected chi connectivity index (χ4v) is 3.61. The zero-order valence-electron chi connectivity index (χ0n) is 19.1. The topological polar surface area (TPSA) is 95.3 Å². The molecule has 1 atom stereocenters. The number of benzene rings is 1. The largest absolute Gasteiger partial charge is 0.444 e. The molecule has 1 fully saturated rings. The molecule has 1 saturated heterocycles. The summed E-state index contributed by atoms with van der Waals surface area (Å²) in [5.41, 5.74) is 0.0383. The Balaban J connectivity index is 1.73. The third-order valence-corrected chi connectivity index (χ3v) is 5.25. The van der Waals surface area contributed by atoms with Crippen LogP contribution in [0.3, 0.4) is 0 Å². The maximum absolute atomic E-state index is 12.8. The Bertz CT molecular complexity index is 1100. The molecule has 1 unspecified atom stereocenters. The van der Waals surface area contributed by atoms with Crippen molar-refractivity contribution >= 4 is 12.0 Å². The minimum absolute atomic E-state index is 0.00343. The number of carbonyl (C=O) groups is 2. The molecule has 1 aliphatic heterocycles. The van der Waals surface area contributed by atoms with Crippen LogP contribution in [0.2, 0.25) is 0 Å². The number of hydrogen-bond acceptors (Lipinski definition) is 5. The van der Waals surface area contributed by atoms with Crippen molar-refractivity contribution in [3.63, 3.8) is 0 Å². The lowest BCUT2D eigenvalue weighted by Gasteiger charge is -2.28. The smallest absolute Gasteiger partial charge is 0.416 e. The minimum atomic E-state index is -4.44. The van der Waals surface area contributed by atoms with Gasteiger partial charge in [-0.15, -0.1) is 0 Å². The summed E-state index contributed by atoms with van der Waals surface area (Å²) in [5.74, 6) is -0.375. The molecule has 2 aromatic rings. The second-order valence-corrected chi connectivity index (χ2v) is 8.96. The normalized spacial score (nSPS) is 16.1. The quantitative estimate of drug-likeness (QED) is 0.696. The summed E-state index contributed by atoms with van der Waals surface area (Å²) in [6, 6.07) is 7.40. The molecular weight excluding hydrogens is 449 g/mol. The number of aromatic nitrogens is 1. The van der Waals surface area contributed by atoms with Crippen LogP contribution in [0.4, 0.5) is 18.0 Å². The average molecular weight is 474 g/mol. The molecule has 7 nitrogen and oxygen atoms in total. The lowest BCUT2D eigenvalue weighted by Crippen LogP contribution is -2.47. The molecule has 1 aromatic carbocycles. The Labute approximate surface area is 195 Å². The molecule has 0 saturated carbocycles. The summed E-state index contributed by atoms with van der Waals surface area (Å²) in [4.78, 5) is 30.8. The summed E-state index contributed by atoms with van der Waals surface area (Å²) in [6.45, 7) is 5.64. The van der Waals surface area contributed by atoms with Gasteiger partial charge >= 0.3 is 12.3 Å². The maximum atomic E-state index is 12.8. The van der Waals surface area contributed by atoms with Gasteiger partial charge < -0.3 is 10.1 Å². The summed E-state index contributed by atoms with van der Waals surface area (Å²) >= 11 is 0. The van der Waals surface area contributed by atoms with E-state index in [9.17, 15) is 28.0 Å². The standard InChI is InChI=1S/C24H25F3N4O3/c1-23(2,3)34-22(33)31-10-4-5-20(31)21(32)30-13-16-11-19(29-14-17(16)12-28)15-6-8-18(9-7-15)24(25,26)27/h6-9,11,14,20H,4-5,10,13H2,1-3H3,(H,30,32). The number of nitrogens with zero attached hydrogens (tertiary/aromatic N) is 3. The molecule has 2 amide bonds. The van der Waals surface area contributed by atoms with E-state index < -0.39 is 29.5 Å². The third kappa shape index (κ3) is 6.04. The number of carbonyl (C=O) groups excluding carboxylic acids is 2. The second-order valence-electron chi connectivity index (χ2n) is 8.96. The van der Waals surface area contributed by atoms with Crippen molar-refractivity contribution in [2.45, 2.75) is 58.0 Å². The number of pyridine rings is 1. The van der Waals surface area contributed by atoms with Gasteiger partial charge in [-0.05, 0) is 57.4 Å². The number of rotatable bonds is 4. The highest BCUT2D eigenvalue weighted by Gasteiger charge is 2.36. The van der Waals surface area contributed by atoms with Crippen LogP contribution in [-0.2, 0) is 22.3 Å². The first-order valence-electron chi connectivity index (χ1n) is 10.7. The first-order valence-corrected chi connectivity index (χ1v) is 10.7. The number of amides is 2. The van der Waals surface area contributed by atoms with Crippen molar-refractivity contribution < 1.29 is 27.5 Å². The van der Waals surface area contributed by atoms with Crippen molar-refractivity contribution in [3.05, 3.63) is 53.2 Å². The number of ether oxygens (including phenoxy) is 1. The number of alkyl halides is 3. The lowest BCUT2D eigenvalue weighted by atomic mass is 10.0. The molecule has 0 spiro atoms. The Morgan fingerprint density at radius 1 is 1.24 bits per heavy atom. The maximum Gasteiger partial charge on any atom is 0.416 e. The molecular formula is C24H25F3N4O3. The van der Waals surface area contributed by atoms with Crippen molar-refractivity contribution in [3.8, 4) is 17.3 Å². The predicted octanol–water partition coefficient (Wildman–Crippen LogP) is 4.65. The number of nitriles is 1. The van der Waals surface area contributed by atoms with Gasteiger partial charge in [0.25, 0.3) is 0 Å². The van der Waals surface area contributed by atoms with Crippen LogP contribution in [0.5, 0.6) is 0 Å². The van der Waals surface area contributed by atoms with E-state index in [1.54, 1.807) is 26.8 Å². The van der Waals surface area contributed by atoms with E-state index in [4.69, 9.17) is 4.74 Å². The second kappa shape index (κ2) is 9.71. The molecule has 3 rings (SSSR count). The molecule has 0 radical (unpaired) electrons. The first kappa shape index (κ1) is 25.0. The van der Waals surface area contributed by atoms with Crippen molar-refractivity contribution in [2.24, 2.45) is 0 Å². The fraction of sp³-hybridized carbons (Fsp3) is 0.417. The number of nitrogens with one attached hydrogen (secondary N) is 1. The molecule has 0 aliphatic carbocycles. The monoisotopic (exact) mass is 474 g/mol. The lowest BCUT2D eigenvalue weighted by molar-refractivity contribution is -0.137. The van der Waals surface area contributed by atoms with Gasteiger partial charge in [-0.25, -0.2) is 4.79 Å². The number of halogens is 3. The highest BCUT2D eigenvalue weighted by Crippen LogP contribution is 2.31. The van der Waals surface area contributed by atoms with E-state index in [1.165, 1.54) is 23.2 Å². The van der Waals surface area contributed by atoms with Crippen molar-refractivity contribution in [1.29, 1.82) is 5.26 Å². The molecule has 0 bridgehead atoms. The fourth-order valence-electron chi connectivity index (χ4n) is 3.61. The Morgan fingerprint density at radius 2 is 1.91 bits per heavy atom. The summed E-state index contributed by atoms with van der Waals surface area (Å²) in [7, 11) is 0. The zero-order chi connectivity index (χ0) is 25.1.